The van der Waals surface area contributed by atoms with Crippen LogP contribution in [0.5, 0.6) is 0 Å². The van der Waals surface area contributed by atoms with Crippen LogP contribution >= 0.6 is 11.6 Å². The Morgan fingerprint density at radius 1 is 1.12 bits per heavy atom. The van der Waals surface area contributed by atoms with E-state index in [4.69, 9.17) is 11.6 Å². The van der Waals surface area contributed by atoms with E-state index in [9.17, 15) is 14.4 Å². The van der Waals surface area contributed by atoms with Crippen molar-refractivity contribution >= 4 is 45.1 Å². The molecule has 1 atom stereocenters. The van der Waals surface area contributed by atoms with Gasteiger partial charge in [0.15, 0.2) is 0 Å². The van der Waals surface area contributed by atoms with Gasteiger partial charge >= 0.3 is 0 Å². The smallest absolute Gasteiger partial charge is 0.272 e. The second-order valence-electron chi connectivity index (χ2n) is 7.56. The highest BCUT2D eigenvalue weighted by Gasteiger charge is 2.17. The van der Waals surface area contributed by atoms with Crippen LogP contribution < -0.4 is 16.2 Å². The second kappa shape index (κ2) is 9.23. The van der Waals surface area contributed by atoms with E-state index in [1.54, 1.807) is 31.2 Å². The number of nitrogens with zero attached hydrogens (tertiary/aromatic N) is 1. The van der Waals surface area contributed by atoms with Crippen molar-refractivity contribution in [2.75, 3.05) is 6.54 Å². The molecule has 32 heavy (non-hydrogen) atoms. The summed E-state index contributed by atoms with van der Waals surface area (Å²) < 4.78 is 0. The Morgan fingerprint density at radius 3 is 2.72 bits per heavy atom. The third kappa shape index (κ3) is 4.65. The molecule has 0 spiro atoms. The number of fused-ring (bicyclic) bond motifs is 2. The SMILES string of the molecule is C[C@@H](NC(=O)Cc1n[nH]c(=O)c2ccccc12)C(=O)NCCc1c[nH]c2ccc(Cl)cc12. The van der Waals surface area contributed by atoms with Gasteiger partial charge in [-0.25, -0.2) is 5.10 Å². The molecule has 0 saturated carbocycles. The maximum atomic E-state index is 12.5. The molecule has 0 radical (unpaired) electrons. The van der Waals surface area contributed by atoms with Crippen molar-refractivity contribution in [3.63, 3.8) is 0 Å². The molecule has 2 amide bonds. The third-order valence-electron chi connectivity index (χ3n) is 5.30. The number of carbonyl (C=O) groups excluding carboxylic acids is 2. The Labute approximate surface area is 188 Å². The molecule has 0 aliphatic heterocycles. The molecule has 0 aliphatic rings. The van der Waals surface area contributed by atoms with Crippen LogP contribution in [0.15, 0.2) is 53.5 Å². The lowest BCUT2D eigenvalue weighted by atomic mass is 10.1. The van der Waals surface area contributed by atoms with Crippen LogP contribution in [0.25, 0.3) is 21.7 Å². The van der Waals surface area contributed by atoms with Gasteiger partial charge in [-0.2, -0.15) is 5.10 Å². The summed E-state index contributed by atoms with van der Waals surface area (Å²) in [6.45, 7) is 2.04. The minimum Gasteiger partial charge on any atom is -0.361 e. The van der Waals surface area contributed by atoms with Crippen LogP contribution in [0.2, 0.25) is 5.02 Å². The van der Waals surface area contributed by atoms with E-state index >= 15 is 0 Å². The number of aromatic amines is 2. The van der Waals surface area contributed by atoms with E-state index < -0.39 is 6.04 Å². The maximum absolute atomic E-state index is 12.5. The lowest BCUT2D eigenvalue weighted by Crippen LogP contribution is -2.45. The summed E-state index contributed by atoms with van der Waals surface area (Å²) in [7, 11) is 0. The summed E-state index contributed by atoms with van der Waals surface area (Å²) in [4.78, 5) is 39.9. The average Bonchev–Trinajstić information content (AvgIpc) is 3.17. The fourth-order valence-corrected chi connectivity index (χ4v) is 3.82. The molecule has 0 bridgehead atoms. The predicted octanol–water partition coefficient (Wildman–Crippen LogP) is 2.46. The highest BCUT2D eigenvalue weighted by atomic mass is 35.5. The number of benzene rings is 2. The van der Waals surface area contributed by atoms with Gasteiger partial charge in [0, 0.05) is 34.1 Å². The molecule has 4 rings (SSSR count). The topological polar surface area (TPSA) is 120 Å². The fourth-order valence-electron chi connectivity index (χ4n) is 3.65. The highest BCUT2D eigenvalue weighted by molar-refractivity contribution is 6.31. The predicted molar refractivity (Wildman–Crippen MR) is 124 cm³/mol. The molecule has 0 aliphatic carbocycles. The van der Waals surface area contributed by atoms with E-state index in [0.29, 0.717) is 34.5 Å². The Bertz CT molecular complexity index is 1360. The number of aromatic nitrogens is 3. The zero-order valence-corrected chi connectivity index (χ0v) is 18.1. The monoisotopic (exact) mass is 451 g/mol. The Morgan fingerprint density at radius 2 is 1.91 bits per heavy atom. The van der Waals surface area contributed by atoms with Crippen molar-refractivity contribution < 1.29 is 9.59 Å². The first-order valence-electron chi connectivity index (χ1n) is 10.2. The van der Waals surface area contributed by atoms with E-state index in [1.165, 1.54) is 0 Å². The quantitative estimate of drug-likeness (QED) is 0.345. The number of amides is 2. The molecule has 4 N–H and O–H groups in total. The molecular formula is C23H22ClN5O3. The van der Waals surface area contributed by atoms with Gasteiger partial charge in [0.1, 0.15) is 6.04 Å². The second-order valence-corrected chi connectivity index (χ2v) is 7.99. The van der Waals surface area contributed by atoms with Gasteiger partial charge in [-0.05, 0) is 43.2 Å². The number of halogens is 1. The number of nitrogens with one attached hydrogen (secondary N) is 4. The molecule has 0 unspecified atom stereocenters. The molecule has 0 saturated heterocycles. The van der Waals surface area contributed by atoms with Crippen molar-refractivity contribution in [2.45, 2.75) is 25.8 Å². The van der Waals surface area contributed by atoms with Crippen molar-refractivity contribution in [2.24, 2.45) is 0 Å². The van der Waals surface area contributed by atoms with Gasteiger partial charge in [0.25, 0.3) is 5.56 Å². The Balaban J connectivity index is 1.31. The van der Waals surface area contributed by atoms with Crippen LogP contribution in [0.4, 0.5) is 0 Å². The van der Waals surface area contributed by atoms with Crippen molar-refractivity contribution in [1.82, 2.24) is 25.8 Å². The first kappa shape index (κ1) is 21.6. The number of hydrogen-bond acceptors (Lipinski definition) is 4. The lowest BCUT2D eigenvalue weighted by Gasteiger charge is -2.14. The van der Waals surface area contributed by atoms with Crippen molar-refractivity contribution in [1.29, 1.82) is 0 Å². The van der Waals surface area contributed by atoms with Crippen LogP contribution in [-0.4, -0.2) is 39.6 Å². The van der Waals surface area contributed by atoms with Crippen LogP contribution in [0.3, 0.4) is 0 Å². The van der Waals surface area contributed by atoms with Gasteiger partial charge in [-0.3, -0.25) is 14.4 Å². The minimum absolute atomic E-state index is 0.0506. The molecule has 2 aromatic heterocycles. The van der Waals surface area contributed by atoms with Crippen LogP contribution in [0, 0.1) is 0 Å². The van der Waals surface area contributed by atoms with Gasteiger partial charge in [-0.1, -0.05) is 29.8 Å². The molecular weight excluding hydrogens is 430 g/mol. The minimum atomic E-state index is -0.714. The standard InChI is InChI=1S/C23H22ClN5O3/c1-13(22(31)25-9-8-14-12-26-19-7-6-15(24)10-18(14)19)27-21(30)11-20-16-4-2-3-5-17(16)23(32)29-28-20/h2-7,10,12-13,26H,8-9,11H2,1H3,(H,25,31)(H,27,30)(H,29,32)/t13-/m1/s1. The number of hydrogen-bond donors (Lipinski definition) is 4. The van der Waals surface area contributed by atoms with E-state index in [1.807, 2.05) is 24.4 Å². The third-order valence-corrected chi connectivity index (χ3v) is 5.53. The van der Waals surface area contributed by atoms with Gasteiger partial charge in [0.2, 0.25) is 11.8 Å². The molecule has 4 aromatic rings. The zero-order valence-electron chi connectivity index (χ0n) is 17.4. The van der Waals surface area contributed by atoms with Crippen molar-refractivity contribution in [3.8, 4) is 0 Å². The van der Waals surface area contributed by atoms with Gasteiger partial charge in [-0.15, -0.1) is 0 Å². The zero-order chi connectivity index (χ0) is 22.7. The average molecular weight is 452 g/mol. The summed E-state index contributed by atoms with van der Waals surface area (Å²) in [6.07, 6.45) is 2.48. The van der Waals surface area contributed by atoms with Crippen LogP contribution in [-0.2, 0) is 22.4 Å². The summed E-state index contributed by atoms with van der Waals surface area (Å²) in [5.41, 5.74) is 2.17. The molecule has 2 heterocycles. The van der Waals surface area contributed by atoms with Gasteiger partial charge in [0.05, 0.1) is 17.5 Å². The largest absolute Gasteiger partial charge is 0.361 e. The van der Waals surface area contributed by atoms with Crippen LogP contribution in [0.1, 0.15) is 18.2 Å². The fraction of sp³-hybridized carbons (Fsp3) is 0.217. The molecule has 2 aromatic carbocycles. The Hall–Kier alpha value is -3.65. The summed E-state index contributed by atoms with van der Waals surface area (Å²) in [5, 5.41) is 14.7. The Kier molecular flexibility index (Phi) is 6.23. The maximum Gasteiger partial charge on any atom is 0.272 e. The normalized spacial score (nSPS) is 12.1. The van der Waals surface area contributed by atoms with Crippen molar-refractivity contribution in [3.05, 3.63) is 75.3 Å². The highest BCUT2D eigenvalue weighted by Crippen LogP contribution is 2.22. The molecule has 0 fully saturated rings. The summed E-state index contributed by atoms with van der Waals surface area (Å²) >= 11 is 6.07. The number of rotatable bonds is 7. The van der Waals surface area contributed by atoms with E-state index in [0.717, 1.165) is 16.5 Å². The van der Waals surface area contributed by atoms with E-state index in [2.05, 4.69) is 25.8 Å². The summed E-state index contributed by atoms with van der Waals surface area (Å²) in [5.74, 6) is -0.640. The first-order chi connectivity index (χ1) is 15.4. The first-order valence-corrected chi connectivity index (χ1v) is 10.6. The molecule has 164 valence electrons. The molecule has 8 nitrogen and oxygen atoms in total. The number of H-pyrrole nitrogens is 2. The molecule has 9 heteroatoms. The van der Waals surface area contributed by atoms with E-state index in [-0.39, 0.29) is 23.8 Å². The summed E-state index contributed by atoms with van der Waals surface area (Å²) in [6, 6.07) is 11.9. The lowest BCUT2D eigenvalue weighted by molar-refractivity contribution is -0.128. The number of carbonyl (C=O) groups is 2. The van der Waals surface area contributed by atoms with Gasteiger partial charge < -0.3 is 15.6 Å².